The van der Waals surface area contributed by atoms with Crippen molar-refractivity contribution in [3.05, 3.63) is 54.1 Å². The van der Waals surface area contributed by atoms with Crippen molar-refractivity contribution >= 4 is 23.3 Å². The lowest BCUT2D eigenvalue weighted by atomic mass is 10.0. The van der Waals surface area contributed by atoms with Crippen LogP contribution in [0.5, 0.6) is 5.75 Å². The molecular weight excluding hydrogens is 414 g/mol. The summed E-state index contributed by atoms with van der Waals surface area (Å²) in [7, 11) is 0. The van der Waals surface area contributed by atoms with Gasteiger partial charge in [-0.15, -0.1) is 0 Å². The number of carbonyl (C=O) groups excluding carboxylic acids is 1. The van der Waals surface area contributed by atoms with Crippen LogP contribution in [-0.2, 0) is 16.0 Å². The number of carbonyl (C=O) groups is 2. The normalized spacial score (nSPS) is 10.7. The third-order valence-electron chi connectivity index (χ3n) is 5.81. The van der Waals surface area contributed by atoms with Gasteiger partial charge in [0.15, 0.2) is 0 Å². The van der Waals surface area contributed by atoms with Crippen molar-refractivity contribution in [2.45, 2.75) is 84.5 Å². The Morgan fingerprint density at radius 3 is 1.70 bits per heavy atom. The summed E-state index contributed by atoms with van der Waals surface area (Å²) in [4.78, 5) is 25.1. The molecule has 2 rings (SSSR count). The first-order valence-corrected chi connectivity index (χ1v) is 12.5. The number of unbranched alkanes of at least 4 members (excludes halogenated alkanes) is 9. The lowest BCUT2D eigenvalue weighted by molar-refractivity contribution is -0.148. The summed E-state index contributed by atoms with van der Waals surface area (Å²) in [6, 6.07) is 14.5. The maximum absolute atomic E-state index is 12.4. The predicted octanol–water partition coefficient (Wildman–Crippen LogP) is 7.30. The fraction of sp³-hybridized carbons (Fsp3) is 0.500. The first kappa shape index (κ1) is 26.4. The summed E-state index contributed by atoms with van der Waals surface area (Å²) in [5.41, 5.74) is 2.24. The molecule has 0 atom stereocenters. The van der Waals surface area contributed by atoms with Crippen molar-refractivity contribution in [2.24, 2.45) is 0 Å². The second kappa shape index (κ2) is 15.1. The van der Waals surface area contributed by atoms with Crippen LogP contribution in [0.3, 0.4) is 0 Å². The summed E-state index contributed by atoms with van der Waals surface area (Å²) in [5, 5.41) is 9.31. The molecule has 5 heteroatoms. The number of rotatable bonds is 15. The number of anilines is 2. The van der Waals surface area contributed by atoms with Crippen LogP contribution in [0.2, 0.25) is 0 Å². The van der Waals surface area contributed by atoms with E-state index in [4.69, 9.17) is 4.74 Å². The van der Waals surface area contributed by atoms with E-state index >= 15 is 0 Å². The van der Waals surface area contributed by atoms with Crippen LogP contribution >= 0.6 is 0 Å². The van der Waals surface area contributed by atoms with E-state index in [9.17, 15) is 14.7 Å². The zero-order chi connectivity index (χ0) is 23.9. The van der Waals surface area contributed by atoms with Gasteiger partial charge < -0.3 is 9.84 Å². The Kier molecular flexibility index (Phi) is 12.1. The van der Waals surface area contributed by atoms with Gasteiger partial charge in [-0.3, -0.25) is 9.69 Å². The summed E-state index contributed by atoms with van der Waals surface area (Å²) >= 11 is 0. The Morgan fingerprint density at radius 1 is 0.727 bits per heavy atom. The van der Waals surface area contributed by atoms with Gasteiger partial charge >= 0.3 is 11.9 Å². The largest absolute Gasteiger partial charge is 0.494 e. The molecule has 0 heterocycles. The Labute approximate surface area is 198 Å². The van der Waals surface area contributed by atoms with Crippen LogP contribution < -0.4 is 9.64 Å². The maximum Gasteiger partial charge on any atom is 0.395 e. The molecule has 0 bridgehead atoms. The predicted molar refractivity (Wildman–Crippen MR) is 134 cm³/mol. The zero-order valence-corrected chi connectivity index (χ0v) is 20.2. The number of nitrogens with zero attached hydrogens (tertiary/aromatic N) is 1. The molecule has 0 radical (unpaired) electrons. The number of amides is 1. The van der Waals surface area contributed by atoms with Gasteiger partial charge in [0, 0.05) is 11.4 Å². The third-order valence-corrected chi connectivity index (χ3v) is 5.81. The van der Waals surface area contributed by atoms with Crippen molar-refractivity contribution in [1.29, 1.82) is 0 Å². The quantitative estimate of drug-likeness (QED) is 0.227. The Hall–Kier alpha value is -2.82. The van der Waals surface area contributed by atoms with Crippen LogP contribution in [0.4, 0.5) is 11.4 Å². The summed E-state index contributed by atoms with van der Waals surface area (Å²) in [6.07, 6.45) is 14.1. The van der Waals surface area contributed by atoms with E-state index in [-0.39, 0.29) is 0 Å². The van der Waals surface area contributed by atoms with Crippen LogP contribution in [-0.4, -0.2) is 23.6 Å². The Morgan fingerprint density at radius 2 is 1.21 bits per heavy atom. The van der Waals surface area contributed by atoms with Crippen LogP contribution in [0.15, 0.2) is 48.5 Å². The van der Waals surface area contributed by atoms with Gasteiger partial charge in [-0.05, 0) is 61.7 Å². The van der Waals surface area contributed by atoms with Gasteiger partial charge in [-0.2, -0.15) is 0 Å². The van der Waals surface area contributed by atoms with E-state index in [1.807, 2.05) is 31.2 Å². The van der Waals surface area contributed by atoms with E-state index in [1.165, 1.54) is 68.3 Å². The van der Waals surface area contributed by atoms with Gasteiger partial charge in [0.2, 0.25) is 0 Å². The SMILES string of the molecule is CCCCCCCCCCCCc1ccc(N(C(=O)C(=O)O)c2ccc(OCC)cc2)cc1. The number of aryl methyl sites for hydroxylation is 1. The fourth-order valence-electron chi connectivity index (χ4n) is 3.97. The zero-order valence-electron chi connectivity index (χ0n) is 20.2. The third kappa shape index (κ3) is 9.29. The average molecular weight is 454 g/mol. The molecule has 0 aliphatic heterocycles. The molecule has 0 saturated carbocycles. The minimum absolute atomic E-state index is 0.494. The number of ether oxygens (including phenoxy) is 1. The van der Waals surface area contributed by atoms with Gasteiger partial charge in [-0.25, -0.2) is 4.79 Å². The molecule has 1 N–H and O–H groups in total. The van der Waals surface area contributed by atoms with Gasteiger partial charge in [0.1, 0.15) is 5.75 Å². The molecule has 0 aliphatic carbocycles. The molecule has 1 amide bonds. The van der Waals surface area contributed by atoms with Crippen molar-refractivity contribution in [3.8, 4) is 5.75 Å². The van der Waals surface area contributed by atoms with Gasteiger partial charge in [-0.1, -0.05) is 76.8 Å². The number of hydrogen-bond acceptors (Lipinski definition) is 3. The Balaban J connectivity index is 1.87. The molecular formula is C28H39NO4. The van der Waals surface area contributed by atoms with Crippen molar-refractivity contribution in [3.63, 3.8) is 0 Å². The van der Waals surface area contributed by atoms with Crippen molar-refractivity contribution < 1.29 is 19.4 Å². The van der Waals surface area contributed by atoms with Gasteiger partial charge in [0.05, 0.1) is 6.61 Å². The number of carboxylic acid groups (broad SMARTS) is 1. The van der Waals surface area contributed by atoms with E-state index in [0.717, 1.165) is 12.8 Å². The van der Waals surface area contributed by atoms with E-state index in [1.54, 1.807) is 24.3 Å². The molecule has 2 aromatic rings. The Bertz CT molecular complexity index is 830. The highest BCUT2D eigenvalue weighted by Crippen LogP contribution is 2.28. The number of carboxylic acids is 1. The van der Waals surface area contributed by atoms with E-state index in [2.05, 4.69) is 6.92 Å². The molecule has 0 saturated heterocycles. The molecule has 0 spiro atoms. The topological polar surface area (TPSA) is 66.8 Å². The smallest absolute Gasteiger partial charge is 0.395 e. The molecule has 33 heavy (non-hydrogen) atoms. The molecule has 0 aromatic heterocycles. The molecule has 0 unspecified atom stereocenters. The van der Waals surface area contributed by atoms with E-state index < -0.39 is 11.9 Å². The first-order valence-electron chi connectivity index (χ1n) is 12.5. The first-order chi connectivity index (χ1) is 16.1. The number of aliphatic carboxylic acids is 1. The highest BCUT2D eigenvalue weighted by molar-refractivity contribution is 6.39. The number of benzene rings is 2. The molecule has 5 nitrogen and oxygen atoms in total. The monoisotopic (exact) mass is 453 g/mol. The highest BCUT2D eigenvalue weighted by atomic mass is 16.5. The van der Waals surface area contributed by atoms with Gasteiger partial charge in [0.25, 0.3) is 0 Å². The van der Waals surface area contributed by atoms with Crippen molar-refractivity contribution in [2.75, 3.05) is 11.5 Å². The molecule has 180 valence electrons. The average Bonchev–Trinajstić information content (AvgIpc) is 2.82. The standard InChI is InChI=1S/C28H39NO4/c1-3-5-6-7-8-9-10-11-12-13-14-23-15-17-24(18-16-23)29(27(30)28(31)32)25-19-21-26(22-20-25)33-4-2/h15-22H,3-14H2,1-2H3,(H,31,32). The summed E-state index contributed by atoms with van der Waals surface area (Å²) in [6.45, 7) is 4.68. The van der Waals surface area contributed by atoms with Crippen LogP contribution in [0.1, 0.15) is 83.6 Å². The lowest BCUT2D eigenvalue weighted by Gasteiger charge is -2.21. The second-order valence-electron chi connectivity index (χ2n) is 8.47. The van der Waals surface area contributed by atoms with Crippen LogP contribution in [0.25, 0.3) is 0 Å². The minimum Gasteiger partial charge on any atom is -0.494 e. The molecule has 0 aliphatic rings. The maximum atomic E-state index is 12.4. The number of hydrogen-bond donors (Lipinski definition) is 1. The van der Waals surface area contributed by atoms with Crippen LogP contribution in [0, 0.1) is 0 Å². The molecule has 2 aromatic carbocycles. The minimum atomic E-state index is -1.49. The summed E-state index contributed by atoms with van der Waals surface area (Å²) < 4.78 is 5.44. The van der Waals surface area contributed by atoms with E-state index in [0.29, 0.717) is 23.7 Å². The highest BCUT2D eigenvalue weighted by Gasteiger charge is 2.24. The second-order valence-corrected chi connectivity index (χ2v) is 8.47. The lowest BCUT2D eigenvalue weighted by Crippen LogP contribution is -2.32. The summed E-state index contributed by atoms with van der Waals surface area (Å²) in [5.74, 6) is -1.80. The van der Waals surface area contributed by atoms with Crippen molar-refractivity contribution in [1.82, 2.24) is 0 Å². The fourth-order valence-corrected chi connectivity index (χ4v) is 3.97. The molecule has 0 fully saturated rings.